The lowest BCUT2D eigenvalue weighted by atomic mass is 10.2. The van der Waals surface area contributed by atoms with Gasteiger partial charge in [0.05, 0.1) is 6.26 Å². The lowest BCUT2D eigenvalue weighted by Crippen LogP contribution is -1.98. The van der Waals surface area contributed by atoms with E-state index in [-0.39, 0.29) is 0 Å². The van der Waals surface area contributed by atoms with Gasteiger partial charge in [-0.05, 0) is 18.2 Å². The molecule has 2 aromatic heterocycles. The molecule has 0 bridgehead atoms. The van der Waals surface area contributed by atoms with Crippen LogP contribution in [0.3, 0.4) is 0 Å². The third-order valence-electron chi connectivity index (χ3n) is 2.54. The molecule has 0 fully saturated rings. The Labute approximate surface area is 108 Å². The molecule has 0 N–H and O–H groups in total. The number of hydrogen-bond donors (Lipinski definition) is 0. The third-order valence-corrected chi connectivity index (χ3v) is 2.82. The molecule has 4 nitrogen and oxygen atoms in total. The van der Waals surface area contributed by atoms with E-state index in [0.717, 1.165) is 16.5 Å². The van der Waals surface area contributed by atoms with Gasteiger partial charge in [0.25, 0.3) is 0 Å². The first-order valence-corrected chi connectivity index (χ1v) is 5.78. The zero-order valence-electron chi connectivity index (χ0n) is 9.34. The Balaban J connectivity index is 1.94. The predicted octanol–water partition coefficient (Wildman–Crippen LogP) is 3.46. The second-order valence-electron chi connectivity index (χ2n) is 3.71. The predicted molar refractivity (Wildman–Crippen MR) is 67.6 cm³/mol. The Kier molecular flexibility index (Phi) is 2.86. The van der Waals surface area contributed by atoms with E-state index in [1.165, 1.54) is 0 Å². The van der Waals surface area contributed by atoms with E-state index >= 15 is 0 Å². The maximum Gasteiger partial charge on any atom is 0.241 e. The Morgan fingerprint density at radius 3 is 2.67 bits per heavy atom. The minimum Gasteiger partial charge on any atom is -0.468 e. The van der Waals surface area contributed by atoms with Gasteiger partial charge >= 0.3 is 0 Å². The van der Waals surface area contributed by atoms with Gasteiger partial charge < -0.3 is 9.15 Å². The van der Waals surface area contributed by atoms with Gasteiger partial charge in [-0.2, -0.15) is 0 Å². The Morgan fingerprint density at radius 2 is 1.89 bits per heavy atom. The van der Waals surface area contributed by atoms with Gasteiger partial charge in [-0.15, -0.1) is 10.2 Å². The number of nitrogens with zero attached hydrogens (tertiary/aromatic N) is 2. The minimum atomic E-state index is 0.313. The first-order chi connectivity index (χ1) is 8.84. The van der Waals surface area contributed by atoms with E-state index in [1.807, 2.05) is 36.4 Å². The first kappa shape index (κ1) is 11.0. The number of ether oxygens (including phenoxy) is 1. The van der Waals surface area contributed by atoms with Crippen molar-refractivity contribution in [2.45, 2.75) is 6.61 Å². The highest BCUT2D eigenvalue weighted by Crippen LogP contribution is 2.27. The van der Waals surface area contributed by atoms with Crippen molar-refractivity contribution in [2.24, 2.45) is 0 Å². The van der Waals surface area contributed by atoms with Crippen LogP contribution in [0.1, 0.15) is 5.76 Å². The summed E-state index contributed by atoms with van der Waals surface area (Å²) >= 11 is 5.98. The van der Waals surface area contributed by atoms with Gasteiger partial charge in [0.1, 0.15) is 12.4 Å². The minimum absolute atomic E-state index is 0.313. The highest BCUT2D eigenvalue weighted by molar-refractivity contribution is 6.34. The molecule has 3 rings (SSSR count). The summed E-state index contributed by atoms with van der Waals surface area (Å²) in [6.45, 7) is 0.313. The molecule has 0 spiro atoms. The average Bonchev–Trinajstić information content (AvgIpc) is 2.92. The summed E-state index contributed by atoms with van der Waals surface area (Å²) in [6, 6.07) is 11.2. The summed E-state index contributed by atoms with van der Waals surface area (Å²) in [6.07, 6.45) is 1.60. The number of halogens is 1. The van der Waals surface area contributed by atoms with Crippen LogP contribution in [0.2, 0.25) is 5.15 Å². The van der Waals surface area contributed by atoms with Crippen molar-refractivity contribution in [1.29, 1.82) is 0 Å². The second kappa shape index (κ2) is 4.66. The summed E-state index contributed by atoms with van der Waals surface area (Å²) in [4.78, 5) is 0. The van der Waals surface area contributed by atoms with Crippen LogP contribution < -0.4 is 4.74 Å². The van der Waals surface area contributed by atoms with Gasteiger partial charge in [0.15, 0.2) is 5.15 Å². The lowest BCUT2D eigenvalue weighted by Gasteiger charge is -2.06. The number of hydrogen-bond acceptors (Lipinski definition) is 4. The molecule has 3 aromatic rings. The Hall–Kier alpha value is -2.07. The van der Waals surface area contributed by atoms with Crippen molar-refractivity contribution in [3.63, 3.8) is 0 Å². The molecule has 0 aliphatic rings. The molecule has 18 heavy (non-hydrogen) atoms. The van der Waals surface area contributed by atoms with Crippen molar-refractivity contribution in [1.82, 2.24) is 10.2 Å². The normalized spacial score (nSPS) is 10.7. The third kappa shape index (κ3) is 2.02. The van der Waals surface area contributed by atoms with Crippen LogP contribution in [0, 0.1) is 0 Å². The van der Waals surface area contributed by atoms with Crippen LogP contribution in [0.5, 0.6) is 5.88 Å². The van der Waals surface area contributed by atoms with Crippen molar-refractivity contribution >= 4 is 22.4 Å². The van der Waals surface area contributed by atoms with Crippen LogP contribution in [0.4, 0.5) is 0 Å². The smallest absolute Gasteiger partial charge is 0.241 e. The van der Waals surface area contributed by atoms with Gasteiger partial charge in [-0.25, -0.2) is 0 Å². The SMILES string of the molecule is Clc1nnc(OCc2ccco2)c2ccccc12. The van der Waals surface area contributed by atoms with E-state index in [4.69, 9.17) is 20.8 Å². The molecule has 0 aliphatic heterocycles. The molecule has 90 valence electrons. The molecular formula is C13H9ClN2O2. The van der Waals surface area contributed by atoms with E-state index in [1.54, 1.807) is 6.26 Å². The van der Waals surface area contributed by atoms with Crippen LogP contribution >= 0.6 is 11.6 Å². The zero-order valence-corrected chi connectivity index (χ0v) is 10.1. The highest BCUT2D eigenvalue weighted by atomic mass is 35.5. The molecule has 0 radical (unpaired) electrons. The molecule has 0 saturated carbocycles. The number of aromatic nitrogens is 2. The van der Waals surface area contributed by atoms with E-state index in [9.17, 15) is 0 Å². The molecular weight excluding hydrogens is 252 g/mol. The fourth-order valence-corrected chi connectivity index (χ4v) is 1.89. The van der Waals surface area contributed by atoms with Gasteiger partial charge in [-0.1, -0.05) is 29.8 Å². The first-order valence-electron chi connectivity index (χ1n) is 5.41. The standard InChI is InChI=1S/C13H9ClN2O2/c14-12-10-5-1-2-6-11(10)13(16-15-12)18-8-9-4-3-7-17-9/h1-7H,8H2. The molecule has 0 unspecified atom stereocenters. The summed E-state index contributed by atoms with van der Waals surface area (Å²) in [5, 5.41) is 9.86. The van der Waals surface area contributed by atoms with Gasteiger partial charge in [0, 0.05) is 10.8 Å². The van der Waals surface area contributed by atoms with Crippen molar-refractivity contribution < 1.29 is 9.15 Å². The average molecular weight is 261 g/mol. The number of fused-ring (bicyclic) bond motifs is 1. The molecule has 1 aromatic carbocycles. The van der Waals surface area contributed by atoms with Crippen LogP contribution in [0.15, 0.2) is 47.1 Å². The Morgan fingerprint density at radius 1 is 1.06 bits per heavy atom. The number of furan rings is 1. The van der Waals surface area contributed by atoms with E-state index in [0.29, 0.717) is 17.6 Å². The van der Waals surface area contributed by atoms with Crippen molar-refractivity contribution in [2.75, 3.05) is 0 Å². The summed E-state index contributed by atoms with van der Waals surface area (Å²) in [7, 11) is 0. The quantitative estimate of drug-likeness (QED) is 0.724. The number of rotatable bonds is 3. The van der Waals surface area contributed by atoms with Crippen LogP contribution in [0.25, 0.3) is 10.8 Å². The summed E-state index contributed by atoms with van der Waals surface area (Å²) in [5.41, 5.74) is 0. The molecule has 5 heteroatoms. The monoisotopic (exact) mass is 260 g/mol. The summed E-state index contributed by atoms with van der Waals surface area (Å²) < 4.78 is 10.8. The molecule has 0 amide bonds. The largest absolute Gasteiger partial charge is 0.468 e. The summed E-state index contributed by atoms with van der Waals surface area (Å²) in [5.74, 6) is 1.18. The van der Waals surface area contributed by atoms with Crippen molar-refractivity contribution in [3.05, 3.63) is 53.6 Å². The van der Waals surface area contributed by atoms with E-state index in [2.05, 4.69) is 10.2 Å². The Bertz CT molecular complexity index is 668. The van der Waals surface area contributed by atoms with Crippen molar-refractivity contribution in [3.8, 4) is 5.88 Å². The van der Waals surface area contributed by atoms with Crippen LogP contribution in [-0.4, -0.2) is 10.2 Å². The maximum absolute atomic E-state index is 5.98. The zero-order chi connectivity index (χ0) is 12.4. The lowest BCUT2D eigenvalue weighted by molar-refractivity contribution is 0.261. The fourth-order valence-electron chi connectivity index (χ4n) is 1.69. The molecule has 2 heterocycles. The second-order valence-corrected chi connectivity index (χ2v) is 4.07. The molecule has 0 aliphatic carbocycles. The topological polar surface area (TPSA) is 48.2 Å². The highest BCUT2D eigenvalue weighted by Gasteiger charge is 2.08. The number of benzene rings is 1. The van der Waals surface area contributed by atoms with Crippen LogP contribution in [-0.2, 0) is 6.61 Å². The maximum atomic E-state index is 5.98. The molecule has 0 atom stereocenters. The fraction of sp³-hybridized carbons (Fsp3) is 0.0769. The van der Waals surface area contributed by atoms with Gasteiger partial charge in [0.2, 0.25) is 5.88 Å². The van der Waals surface area contributed by atoms with E-state index < -0.39 is 0 Å². The molecule has 0 saturated heterocycles. The van der Waals surface area contributed by atoms with Gasteiger partial charge in [-0.3, -0.25) is 0 Å².